The van der Waals surface area contributed by atoms with Crippen molar-refractivity contribution in [2.75, 3.05) is 0 Å². The number of hydrogen-bond donors (Lipinski definition) is 3. The maximum absolute atomic E-state index is 12.5. The summed E-state index contributed by atoms with van der Waals surface area (Å²) in [5.41, 5.74) is -0.564. The number of carboxylic acids is 1. The number of carbonyl (C=O) groups is 3. The molecule has 158 valence electrons. The van der Waals surface area contributed by atoms with Crippen molar-refractivity contribution < 1.29 is 29.3 Å². The molecule has 2 aromatic rings. The molecule has 9 heteroatoms. The zero-order valence-corrected chi connectivity index (χ0v) is 19.2. The summed E-state index contributed by atoms with van der Waals surface area (Å²) >= 11 is 6.55. The van der Waals surface area contributed by atoms with Crippen molar-refractivity contribution in [1.82, 2.24) is 5.32 Å². The fourth-order valence-corrected chi connectivity index (χ4v) is 3.92. The number of amides is 2. The van der Waals surface area contributed by atoms with Crippen molar-refractivity contribution in [3.05, 3.63) is 74.7 Å². The van der Waals surface area contributed by atoms with Gasteiger partial charge in [0.2, 0.25) is 0 Å². The average Bonchev–Trinajstić information content (AvgIpc) is 2.68. The lowest BCUT2D eigenvalue weighted by Crippen LogP contribution is -2.35. The Morgan fingerprint density at radius 2 is 1.77 bits per heavy atom. The second-order valence-corrected chi connectivity index (χ2v) is 8.69. The second-order valence-electron chi connectivity index (χ2n) is 6.92. The third-order valence-corrected chi connectivity index (χ3v) is 5.21. The summed E-state index contributed by atoms with van der Waals surface area (Å²) < 4.78 is 6.44. The van der Waals surface area contributed by atoms with Crippen LogP contribution in [0.25, 0.3) is 0 Å². The molecule has 1 atom stereocenters. The number of halogens is 2. The summed E-state index contributed by atoms with van der Waals surface area (Å²) in [4.78, 5) is 35.7. The van der Waals surface area contributed by atoms with Crippen LogP contribution < -0.4 is 5.32 Å². The van der Waals surface area contributed by atoms with Crippen LogP contribution in [0.5, 0.6) is 5.75 Å². The number of carbonyl (C=O) groups excluding carboxylic acids is 2. The molecule has 2 amide bonds. The SMILES string of the molecule is CC(C)(/C=C/C(=O)O)[C@H](OC(=O)NC(=O)c1ccccc1)c1cc(Br)cc(Br)c1O. The number of phenolic OH excluding ortho intramolecular Hbond substituents is 1. The number of hydrogen-bond acceptors (Lipinski definition) is 5. The monoisotopic (exact) mass is 539 g/mol. The van der Waals surface area contributed by atoms with E-state index in [2.05, 4.69) is 37.2 Å². The highest BCUT2D eigenvalue weighted by molar-refractivity contribution is 9.11. The number of rotatable bonds is 6. The maximum Gasteiger partial charge on any atom is 0.414 e. The van der Waals surface area contributed by atoms with Gasteiger partial charge in [-0.25, -0.2) is 9.59 Å². The highest BCUT2D eigenvalue weighted by Gasteiger charge is 2.35. The van der Waals surface area contributed by atoms with E-state index in [1.807, 2.05) is 0 Å². The summed E-state index contributed by atoms with van der Waals surface area (Å²) in [5, 5.41) is 21.6. The smallest absolute Gasteiger partial charge is 0.414 e. The Morgan fingerprint density at radius 1 is 1.13 bits per heavy atom. The second kappa shape index (κ2) is 9.90. The van der Waals surface area contributed by atoms with Crippen molar-refractivity contribution in [2.24, 2.45) is 5.41 Å². The predicted molar refractivity (Wildman–Crippen MR) is 117 cm³/mol. The van der Waals surface area contributed by atoms with Gasteiger partial charge in [0.25, 0.3) is 5.91 Å². The number of imide groups is 1. The molecule has 0 heterocycles. The zero-order chi connectivity index (χ0) is 22.5. The number of benzene rings is 2. The molecule has 0 saturated heterocycles. The number of alkyl carbamates (subject to hydrolysis) is 1. The van der Waals surface area contributed by atoms with Gasteiger partial charge in [-0.2, -0.15) is 0 Å². The number of aromatic hydroxyl groups is 1. The van der Waals surface area contributed by atoms with Gasteiger partial charge in [0, 0.05) is 27.1 Å². The van der Waals surface area contributed by atoms with Gasteiger partial charge < -0.3 is 14.9 Å². The zero-order valence-electron chi connectivity index (χ0n) is 16.1. The van der Waals surface area contributed by atoms with Crippen LogP contribution in [0, 0.1) is 5.41 Å². The Bertz CT molecular complexity index is 988. The van der Waals surface area contributed by atoms with Gasteiger partial charge in [-0.15, -0.1) is 0 Å². The van der Waals surface area contributed by atoms with Gasteiger partial charge >= 0.3 is 12.1 Å². The standard InChI is InChI=1S/C21H19Br2NO6/c1-21(2,9-8-16(25)26)18(14-10-13(22)11-15(23)17(14)27)30-20(29)24-19(28)12-6-4-3-5-7-12/h3-11,18,27H,1-2H3,(H,25,26)(H,24,28,29)/b9-8+/t18-/m1/s1. The van der Waals surface area contributed by atoms with Crippen molar-refractivity contribution in [3.63, 3.8) is 0 Å². The van der Waals surface area contributed by atoms with Crippen molar-refractivity contribution >= 4 is 49.8 Å². The van der Waals surface area contributed by atoms with Crippen LogP contribution in [0.4, 0.5) is 4.79 Å². The predicted octanol–water partition coefficient (Wildman–Crippen LogP) is 5.19. The lowest BCUT2D eigenvalue weighted by atomic mass is 9.81. The van der Waals surface area contributed by atoms with Crippen LogP contribution in [0.2, 0.25) is 0 Å². The van der Waals surface area contributed by atoms with Crippen LogP contribution in [0.15, 0.2) is 63.6 Å². The summed E-state index contributed by atoms with van der Waals surface area (Å²) in [6, 6.07) is 11.3. The van der Waals surface area contributed by atoms with Gasteiger partial charge in [-0.05, 0) is 40.2 Å². The quantitative estimate of drug-likeness (QED) is 0.434. The van der Waals surface area contributed by atoms with Crippen molar-refractivity contribution in [2.45, 2.75) is 20.0 Å². The summed E-state index contributed by atoms with van der Waals surface area (Å²) in [6.45, 7) is 3.27. The molecule has 0 spiro atoms. The lowest BCUT2D eigenvalue weighted by Gasteiger charge is -2.32. The molecule has 0 saturated carbocycles. The molecule has 2 rings (SSSR count). The third kappa shape index (κ3) is 6.17. The minimum Gasteiger partial charge on any atom is -0.506 e. The third-order valence-electron chi connectivity index (χ3n) is 4.15. The Hall–Kier alpha value is -2.65. The fraction of sp³-hybridized carbons (Fsp3) is 0.190. The normalized spacial score (nSPS) is 12.4. The van der Waals surface area contributed by atoms with Gasteiger partial charge in [0.05, 0.1) is 4.47 Å². The molecule has 0 radical (unpaired) electrons. The van der Waals surface area contributed by atoms with Gasteiger partial charge in [0.15, 0.2) is 0 Å². The Kier molecular flexibility index (Phi) is 7.80. The lowest BCUT2D eigenvalue weighted by molar-refractivity contribution is -0.131. The molecule has 3 N–H and O–H groups in total. The summed E-state index contributed by atoms with van der Waals surface area (Å²) in [6.07, 6.45) is 0.111. The van der Waals surface area contributed by atoms with Crippen LogP contribution in [-0.4, -0.2) is 28.2 Å². The van der Waals surface area contributed by atoms with Crippen LogP contribution in [-0.2, 0) is 9.53 Å². The fourth-order valence-electron chi connectivity index (χ4n) is 2.67. The van der Waals surface area contributed by atoms with E-state index in [1.54, 1.807) is 44.2 Å². The van der Waals surface area contributed by atoms with Gasteiger partial charge in [0.1, 0.15) is 11.9 Å². The van der Waals surface area contributed by atoms with Gasteiger partial charge in [-0.3, -0.25) is 10.1 Å². The Balaban J connectivity index is 2.38. The van der Waals surface area contributed by atoms with E-state index < -0.39 is 29.5 Å². The minimum atomic E-state index is -1.18. The molecule has 30 heavy (non-hydrogen) atoms. The molecule has 0 aliphatic heterocycles. The maximum atomic E-state index is 12.5. The van der Waals surface area contributed by atoms with Crippen LogP contribution >= 0.6 is 31.9 Å². The van der Waals surface area contributed by atoms with E-state index in [1.165, 1.54) is 18.2 Å². The first-order chi connectivity index (χ1) is 14.0. The molecule has 0 bridgehead atoms. The van der Waals surface area contributed by atoms with E-state index >= 15 is 0 Å². The van der Waals surface area contributed by atoms with Crippen LogP contribution in [0.3, 0.4) is 0 Å². The average molecular weight is 541 g/mol. The highest BCUT2D eigenvalue weighted by atomic mass is 79.9. The van der Waals surface area contributed by atoms with E-state index in [9.17, 15) is 19.5 Å². The van der Waals surface area contributed by atoms with Crippen LogP contribution in [0.1, 0.15) is 35.9 Å². The number of phenols is 1. The molecular formula is C21H19Br2NO6. The number of carboxylic acid groups (broad SMARTS) is 1. The summed E-state index contributed by atoms with van der Waals surface area (Å²) in [7, 11) is 0. The number of ether oxygens (including phenoxy) is 1. The number of aliphatic carboxylic acids is 1. The Morgan fingerprint density at radius 3 is 2.37 bits per heavy atom. The molecule has 0 aromatic heterocycles. The first-order valence-electron chi connectivity index (χ1n) is 8.68. The molecule has 0 aliphatic carbocycles. The molecule has 0 aliphatic rings. The molecular weight excluding hydrogens is 522 g/mol. The van der Waals surface area contributed by atoms with E-state index in [0.29, 0.717) is 8.95 Å². The van der Waals surface area contributed by atoms with Crippen molar-refractivity contribution in [1.29, 1.82) is 0 Å². The largest absolute Gasteiger partial charge is 0.506 e. The van der Waals surface area contributed by atoms with E-state index in [-0.39, 0.29) is 16.9 Å². The molecule has 7 nitrogen and oxygen atoms in total. The van der Waals surface area contributed by atoms with E-state index in [0.717, 1.165) is 6.08 Å². The van der Waals surface area contributed by atoms with Gasteiger partial charge in [-0.1, -0.05) is 54.1 Å². The molecule has 0 unspecified atom stereocenters. The summed E-state index contributed by atoms with van der Waals surface area (Å²) in [5.74, 6) is -2.01. The Labute approximate surface area is 190 Å². The number of nitrogens with one attached hydrogen (secondary N) is 1. The van der Waals surface area contributed by atoms with Crippen molar-refractivity contribution in [3.8, 4) is 5.75 Å². The minimum absolute atomic E-state index is 0.179. The highest BCUT2D eigenvalue weighted by Crippen LogP contribution is 2.45. The first kappa shape index (κ1) is 23.6. The first-order valence-corrected chi connectivity index (χ1v) is 10.3. The molecule has 2 aromatic carbocycles. The molecule has 0 fully saturated rings. The van der Waals surface area contributed by atoms with E-state index in [4.69, 9.17) is 9.84 Å². The topological polar surface area (TPSA) is 113 Å².